The second-order valence-electron chi connectivity index (χ2n) is 6.34. The minimum atomic E-state index is 0.212. The van der Waals surface area contributed by atoms with Crippen LogP contribution in [0.15, 0.2) is 24.3 Å². The number of aryl methyl sites for hydroxylation is 1. The lowest BCUT2D eigenvalue weighted by atomic mass is 10.1. The van der Waals surface area contributed by atoms with E-state index in [1.54, 1.807) is 16.8 Å². The van der Waals surface area contributed by atoms with Crippen molar-refractivity contribution in [1.82, 2.24) is 14.7 Å². The molecule has 0 radical (unpaired) electrons. The van der Waals surface area contributed by atoms with Gasteiger partial charge in [0.1, 0.15) is 0 Å². The molecule has 2 heterocycles. The monoisotopic (exact) mass is 365 g/mol. The molecule has 0 aliphatic carbocycles. The average Bonchev–Trinajstić information content (AvgIpc) is 2.88. The summed E-state index contributed by atoms with van der Waals surface area (Å²) >= 11 is 12.2. The number of hydrogen-bond acceptors (Lipinski definition) is 3. The molecule has 24 heavy (non-hydrogen) atoms. The molecule has 0 unspecified atom stereocenters. The van der Waals surface area contributed by atoms with Gasteiger partial charge in [0.15, 0.2) is 5.78 Å². The fourth-order valence-electron chi connectivity index (χ4n) is 3.15. The summed E-state index contributed by atoms with van der Waals surface area (Å²) in [5, 5.41) is 5.68. The molecule has 3 rings (SSSR count). The number of hydrogen-bond donors (Lipinski definition) is 0. The van der Waals surface area contributed by atoms with Crippen LogP contribution in [0.25, 0.3) is 5.69 Å². The van der Waals surface area contributed by atoms with Crippen molar-refractivity contribution in [3.05, 3.63) is 45.7 Å². The maximum Gasteiger partial charge on any atom is 0.152 e. The molecule has 1 aliphatic rings. The van der Waals surface area contributed by atoms with E-state index in [-0.39, 0.29) is 5.78 Å². The number of carbonyl (C=O) groups excluding carboxylic acids is 1. The van der Waals surface area contributed by atoms with Crippen molar-refractivity contribution in [3.8, 4) is 5.69 Å². The fraction of sp³-hybridized carbons (Fsp3) is 0.444. The molecular formula is C18H21Cl2N3O. The first kappa shape index (κ1) is 17.5. The van der Waals surface area contributed by atoms with Crippen molar-refractivity contribution in [1.29, 1.82) is 0 Å². The lowest BCUT2D eigenvalue weighted by molar-refractivity contribution is -0.119. The van der Waals surface area contributed by atoms with Crippen LogP contribution in [0.5, 0.6) is 0 Å². The van der Waals surface area contributed by atoms with Crippen molar-refractivity contribution in [2.24, 2.45) is 0 Å². The summed E-state index contributed by atoms with van der Waals surface area (Å²) in [4.78, 5) is 14.6. The highest BCUT2D eigenvalue weighted by molar-refractivity contribution is 6.35. The zero-order valence-electron chi connectivity index (χ0n) is 13.8. The largest absolute Gasteiger partial charge is 0.298 e. The van der Waals surface area contributed by atoms with E-state index in [2.05, 4.69) is 10.00 Å². The van der Waals surface area contributed by atoms with Crippen LogP contribution in [0.3, 0.4) is 0 Å². The maximum atomic E-state index is 12.3. The van der Waals surface area contributed by atoms with Crippen LogP contribution in [0, 0.1) is 6.92 Å². The Morgan fingerprint density at radius 1 is 1.17 bits per heavy atom. The second-order valence-corrected chi connectivity index (χ2v) is 7.18. The lowest BCUT2D eigenvalue weighted by Crippen LogP contribution is -2.35. The highest BCUT2D eigenvalue weighted by atomic mass is 35.5. The molecule has 0 atom stereocenters. The highest BCUT2D eigenvalue weighted by Crippen LogP contribution is 2.25. The summed E-state index contributed by atoms with van der Waals surface area (Å²) in [6.07, 6.45) is 4.01. The number of aromatic nitrogens is 2. The van der Waals surface area contributed by atoms with Crippen molar-refractivity contribution >= 4 is 29.0 Å². The van der Waals surface area contributed by atoms with E-state index in [9.17, 15) is 4.79 Å². The summed E-state index contributed by atoms with van der Waals surface area (Å²) < 4.78 is 1.77. The first-order valence-corrected chi connectivity index (χ1v) is 9.03. The topological polar surface area (TPSA) is 38.1 Å². The van der Waals surface area contributed by atoms with Gasteiger partial charge in [0, 0.05) is 10.7 Å². The van der Waals surface area contributed by atoms with Gasteiger partial charge >= 0.3 is 0 Å². The van der Waals surface area contributed by atoms with Gasteiger partial charge in [0.25, 0.3) is 0 Å². The van der Waals surface area contributed by atoms with E-state index in [1.165, 1.54) is 19.3 Å². The van der Waals surface area contributed by atoms with Crippen molar-refractivity contribution in [3.63, 3.8) is 0 Å². The number of piperidine rings is 1. The van der Waals surface area contributed by atoms with E-state index >= 15 is 0 Å². The lowest BCUT2D eigenvalue weighted by Gasteiger charge is -2.25. The number of ketones is 1. The number of rotatable bonds is 5. The smallest absolute Gasteiger partial charge is 0.152 e. The van der Waals surface area contributed by atoms with Crippen LogP contribution in [0.4, 0.5) is 0 Å². The third-order valence-corrected chi connectivity index (χ3v) is 4.84. The molecule has 1 aliphatic heterocycles. The Labute approximate surface area is 152 Å². The van der Waals surface area contributed by atoms with E-state index in [4.69, 9.17) is 23.2 Å². The second kappa shape index (κ2) is 7.68. The quantitative estimate of drug-likeness (QED) is 0.800. The Morgan fingerprint density at radius 3 is 2.62 bits per heavy atom. The molecule has 4 nitrogen and oxygen atoms in total. The zero-order valence-corrected chi connectivity index (χ0v) is 15.3. The predicted octanol–water partition coefficient (Wildman–Crippen LogP) is 4.09. The van der Waals surface area contributed by atoms with Gasteiger partial charge in [0.2, 0.25) is 0 Å². The van der Waals surface area contributed by atoms with E-state index < -0.39 is 0 Å². The minimum absolute atomic E-state index is 0.212. The van der Waals surface area contributed by atoms with E-state index in [0.29, 0.717) is 23.0 Å². The Kier molecular flexibility index (Phi) is 5.59. The molecule has 0 spiro atoms. The van der Waals surface area contributed by atoms with Gasteiger partial charge in [-0.2, -0.15) is 5.10 Å². The molecule has 0 amide bonds. The van der Waals surface area contributed by atoms with Gasteiger partial charge in [-0.3, -0.25) is 9.69 Å². The van der Waals surface area contributed by atoms with Crippen LogP contribution in [0.2, 0.25) is 10.0 Å². The van der Waals surface area contributed by atoms with Crippen LogP contribution in [0.1, 0.15) is 30.7 Å². The zero-order chi connectivity index (χ0) is 17.1. The summed E-state index contributed by atoms with van der Waals surface area (Å²) in [6, 6.07) is 7.26. The number of benzene rings is 1. The Balaban J connectivity index is 1.70. The summed E-state index contributed by atoms with van der Waals surface area (Å²) in [5.41, 5.74) is 2.49. The molecule has 0 N–H and O–H groups in total. The number of halogens is 2. The highest BCUT2D eigenvalue weighted by Gasteiger charge is 2.16. The van der Waals surface area contributed by atoms with Gasteiger partial charge in [-0.1, -0.05) is 29.6 Å². The third-order valence-electron chi connectivity index (χ3n) is 4.30. The molecule has 128 valence electrons. The first-order valence-electron chi connectivity index (χ1n) is 8.28. The summed E-state index contributed by atoms with van der Waals surface area (Å²) in [7, 11) is 0. The average molecular weight is 366 g/mol. The number of carbonyl (C=O) groups is 1. The molecule has 0 bridgehead atoms. The van der Waals surface area contributed by atoms with Crippen LogP contribution in [-0.2, 0) is 11.2 Å². The molecule has 6 heteroatoms. The van der Waals surface area contributed by atoms with Crippen LogP contribution in [-0.4, -0.2) is 40.1 Å². The molecular weight excluding hydrogens is 345 g/mol. The van der Waals surface area contributed by atoms with Gasteiger partial charge in [-0.05, 0) is 57.1 Å². The Bertz CT molecular complexity index is 736. The van der Waals surface area contributed by atoms with Gasteiger partial charge in [-0.15, -0.1) is 0 Å². The molecule has 1 saturated heterocycles. The molecule has 1 aromatic heterocycles. The standard InChI is InChI=1S/C18H21Cl2N3O/c1-13-9-15(11-16(24)12-22-7-3-2-4-8-22)21-23(13)18-6-5-14(19)10-17(18)20/h5-6,9-10H,2-4,7-8,11-12H2,1H3. The normalized spacial score (nSPS) is 15.6. The molecule has 1 aromatic carbocycles. The third kappa shape index (κ3) is 4.18. The Hall–Kier alpha value is -1.36. The van der Waals surface area contributed by atoms with Crippen LogP contribution >= 0.6 is 23.2 Å². The predicted molar refractivity (Wildman–Crippen MR) is 97.3 cm³/mol. The SMILES string of the molecule is Cc1cc(CC(=O)CN2CCCCC2)nn1-c1ccc(Cl)cc1Cl. The van der Waals surface area contributed by atoms with Crippen molar-refractivity contribution in [2.45, 2.75) is 32.6 Å². The van der Waals surface area contributed by atoms with Crippen molar-refractivity contribution < 1.29 is 4.79 Å². The number of Topliss-reactive ketones (excluding diaryl/α,β-unsaturated/α-hetero) is 1. The molecule has 1 fully saturated rings. The van der Waals surface area contributed by atoms with Gasteiger partial charge in [0.05, 0.1) is 29.4 Å². The van der Waals surface area contributed by atoms with Crippen molar-refractivity contribution in [2.75, 3.05) is 19.6 Å². The minimum Gasteiger partial charge on any atom is -0.298 e. The maximum absolute atomic E-state index is 12.3. The van der Waals surface area contributed by atoms with Gasteiger partial charge in [-0.25, -0.2) is 4.68 Å². The van der Waals surface area contributed by atoms with E-state index in [1.807, 2.05) is 19.1 Å². The first-order chi connectivity index (χ1) is 11.5. The molecule has 2 aromatic rings. The van der Waals surface area contributed by atoms with E-state index in [0.717, 1.165) is 30.2 Å². The summed E-state index contributed by atoms with van der Waals surface area (Å²) in [6.45, 7) is 4.53. The van der Waals surface area contributed by atoms with Gasteiger partial charge < -0.3 is 0 Å². The fourth-order valence-corrected chi connectivity index (χ4v) is 3.64. The number of likely N-dealkylation sites (tertiary alicyclic amines) is 1. The Morgan fingerprint density at radius 2 is 1.92 bits per heavy atom. The number of nitrogens with zero attached hydrogens (tertiary/aromatic N) is 3. The molecule has 0 saturated carbocycles. The summed E-state index contributed by atoms with van der Waals surface area (Å²) in [5.74, 6) is 0.212. The van der Waals surface area contributed by atoms with Crippen LogP contribution < -0.4 is 0 Å².